The Morgan fingerprint density at radius 1 is 0.944 bits per heavy atom. The Balaban J connectivity index is 1.63. The highest BCUT2D eigenvalue weighted by Crippen LogP contribution is 2.75. The van der Waals surface area contributed by atoms with Crippen molar-refractivity contribution in [3.63, 3.8) is 0 Å². The monoisotopic (exact) mass is 560 g/mol. The SMILES string of the molecule is COC(=O)[C@@]1(C)CC[C@]2(C)CC[C@]3(C)C(=CC(=O)[C@H]4[C@@]5(C)C[C@H](Br)C(=O)C(C)(C)[C@@H]5CC[C@]43C)[C@@H]2C1. The molecule has 0 spiro atoms. The molecule has 4 fully saturated rings. The van der Waals surface area contributed by atoms with Gasteiger partial charge in [-0.2, -0.15) is 0 Å². The molecule has 0 heterocycles. The zero-order valence-corrected chi connectivity index (χ0v) is 25.1. The maximum Gasteiger partial charge on any atom is 0.311 e. The topological polar surface area (TPSA) is 60.4 Å². The minimum atomic E-state index is -0.501. The number of ketones is 2. The van der Waals surface area contributed by atoms with Gasteiger partial charge in [-0.25, -0.2) is 0 Å². The van der Waals surface area contributed by atoms with E-state index in [1.165, 1.54) is 12.7 Å². The Morgan fingerprint density at radius 2 is 1.58 bits per heavy atom. The number of hydrogen-bond donors (Lipinski definition) is 0. The lowest BCUT2D eigenvalue weighted by Crippen LogP contribution is -2.67. The second-order valence-corrected chi connectivity index (χ2v) is 16.1. The standard InChI is InChI=1S/C31H45BrO4/c1-26(2)22-9-10-31(7)23(29(22,5)17-20(32)24(26)34)21(33)15-18-19-16-28(4,25(35)36-8)12-11-27(19,3)13-14-30(18,31)6/h15,19-20,22-23H,9-14,16-17H2,1-8H3/t19-,20-,22-,23-,27+,28-,29-,30+,31+/m0/s1. The first-order valence-corrected chi connectivity index (χ1v) is 14.9. The second kappa shape index (κ2) is 7.79. The van der Waals surface area contributed by atoms with Gasteiger partial charge in [0, 0.05) is 11.3 Å². The Bertz CT molecular complexity index is 1060. The molecule has 5 aliphatic carbocycles. The van der Waals surface area contributed by atoms with Crippen LogP contribution in [0, 0.1) is 50.2 Å². The highest BCUT2D eigenvalue weighted by atomic mass is 79.9. The first-order chi connectivity index (χ1) is 16.5. The number of fused-ring (bicyclic) bond motifs is 7. The number of hydrogen-bond acceptors (Lipinski definition) is 4. The van der Waals surface area contributed by atoms with Crippen LogP contribution in [0.1, 0.15) is 99.8 Å². The molecule has 0 bridgehead atoms. The van der Waals surface area contributed by atoms with E-state index in [2.05, 4.69) is 64.4 Å². The highest BCUT2D eigenvalue weighted by molar-refractivity contribution is 9.10. The fraction of sp³-hybridized carbons (Fsp3) is 0.839. The summed E-state index contributed by atoms with van der Waals surface area (Å²) >= 11 is 3.73. The van der Waals surface area contributed by atoms with Gasteiger partial charge in [0.2, 0.25) is 0 Å². The lowest BCUT2D eigenvalue weighted by Gasteiger charge is -2.70. The number of halogens is 1. The third-order valence-electron chi connectivity index (χ3n) is 12.9. The minimum absolute atomic E-state index is 0.0918. The maximum atomic E-state index is 14.4. The van der Waals surface area contributed by atoms with E-state index in [1.54, 1.807) is 0 Å². The number of alkyl halides is 1. The normalized spacial score (nSPS) is 51.8. The van der Waals surface area contributed by atoms with Crippen LogP contribution in [0.3, 0.4) is 0 Å². The second-order valence-electron chi connectivity index (χ2n) is 15.0. The molecule has 0 unspecified atom stereocenters. The molecule has 5 aliphatic rings. The predicted octanol–water partition coefficient (Wildman–Crippen LogP) is 7.08. The molecule has 5 heteroatoms. The molecule has 0 amide bonds. The number of esters is 1. The van der Waals surface area contributed by atoms with E-state index in [0.29, 0.717) is 0 Å². The summed E-state index contributed by atoms with van der Waals surface area (Å²) in [5.74, 6) is 0.764. The fourth-order valence-electron chi connectivity index (χ4n) is 10.5. The number of carbonyl (C=O) groups excluding carboxylic acids is 3. The van der Waals surface area contributed by atoms with Crippen LogP contribution in [0.2, 0.25) is 0 Å². The zero-order chi connectivity index (χ0) is 26.7. The molecule has 0 saturated heterocycles. The molecule has 0 radical (unpaired) electrons. The van der Waals surface area contributed by atoms with Crippen LogP contribution in [-0.4, -0.2) is 29.5 Å². The van der Waals surface area contributed by atoms with E-state index in [4.69, 9.17) is 4.74 Å². The van der Waals surface area contributed by atoms with Crippen molar-refractivity contribution in [1.29, 1.82) is 0 Å². The Labute approximate surface area is 225 Å². The number of methoxy groups -OCH3 is 1. The lowest BCUT2D eigenvalue weighted by atomic mass is 9.33. The van der Waals surface area contributed by atoms with Crippen molar-refractivity contribution in [2.45, 2.75) is 105 Å². The van der Waals surface area contributed by atoms with Crippen LogP contribution >= 0.6 is 15.9 Å². The van der Waals surface area contributed by atoms with Crippen molar-refractivity contribution in [2.75, 3.05) is 7.11 Å². The van der Waals surface area contributed by atoms with Crippen molar-refractivity contribution < 1.29 is 19.1 Å². The molecule has 36 heavy (non-hydrogen) atoms. The Morgan fingerprint density at radius 3 is 2.22 bits per heavy atom. The summed E-state index contributed by atoms with van der Waals surface area (Å²) in [6, 6.07) is 0. The van der Waals surface area contributed by atoms with Crippen molar-refractivity contribution in [1.82, 2.24) is 0 Å². The summed E-state index contributed by atoms with van der Waals surface area (Å²) in [4.78, 5) is 40.2. The molecule has 0 aromatic carbocycles. The Kier molecular flexibility index (Phi) is 5.76. The third-order valence-corrected chi connectivity index (χ3v) is 13.7. The van der Waals surface area contributed by atoms with Crippen molar-refractivity contribution in [2.24, 2.45) is 50.2 Å². The minimum Gasteiger partial charge on any atom is -0.469 e. The number of allylic oxidation sites excluding steroid dienone is 2. The van der Waals surface area contributed by atoms with Crippen molar-refractivity contribution in [3.05, 3.63) is 11.6 Å². The summed E-state index contributed by atoms with van der Waals surface area (Å²) in [5.41, 5.74) is -0.00477. The number of Topliss-reactive ketones (excluding diaryl/α,β-unsaturated/α-hetero) is 1. The Hall–Kier alpha value is -0.970. The number of ether oxygens (including phenoxy) is 1. The summed E-state index contributed by atoms with van der Waals surface area (Å²) in [6.07, 6.45) is 9.54. The molecule has 0 aliphatic heterocycles. The van der Waals surface area contributed by atoms with Gasteiger partial charge < -0.3 is 4.74 Å². The summed E-state index contributed by atoms with van der Waals surface area (Å²) < 4.78 is 5.25. The first kappa shape index (κ1) is 26.6. The molecular formula is C31H45BrO4. The van der Waals surface area contributed by atoms with Crippen LogP contribution < -0.4 is 0 Å². The predicted molar refractivity (Wildman–Crippen MR) is 145 cm³/mol. The van der Waals surface area contributed by atoms with Crippen LogP contribution in [0.25, 0.3) is 0 Å². The van der Waals surface area contributed by atoms with Crippen molar-refractivity contribution >= 4 is 33.5 Å². The average Bonchev–Trinajstić information content (AvgIpc) is 2.79. The van der Waals surface area contributed by atoms with E-state index in [1.807, 2.05) is 6.08 Å². The number of carbonyl (C=O) groups is 3. The third kappa shape index (κ3) is 3.13. The maximum absolute atomic E-state index is 14.4. The van der Waals surface area contributed by atoms with Gasteiger partial charge in [0.05, 0.1) is 17.4 Å². The molecule has 0 aromatic rings. The van der Waals surface area contributed by atoms with E-state index >= 15 is 0 Å². The smallest absolute Gasteiger partial charge is 0.311 e. The average molecular weight is 562 g/mol. The summed E-state index contributed by atoms with van der Waals surface area (Å²) in [5, 5.41) is 0. The molecule has 0 aromatic heterocycles. The molecule has 0 N–H and O–H groups in total. The van der Waals surface area contributed by atoms with Gasteiger partial charge >= 0.3 is 5.97 Å². The van der Waals surface area contributed by atoms with Crippen LogP contribution in [0.15, 0.2) is 11.6 Å². The van der Waals surface area contributed by atoms with E-state index < -0.39 is 10.8 Å². The van der Waals surface area contributed by atoms with Gasteiger partial charge in [0.25, 0.3) is 0 Å². The molecular weight excluding hydrogens is 516 g/mol. The largest absolute Gasteiger partial charge is 0.469 e. The zero-order valence-electron chi connectivity index (χ0n) is 23.6. The summed E-state index contributed by atoms with van der Waals surface area (Å²) in [7, 11) is 1.49. The van der Waals surface area contributed by atoms with Gasteiger partial charge in [-0.1, -0.05) is 63.0 Å². The molecule has 4 saturated carbocycles. The fourth-order valence-corrected chi connectivity index (χ4v) is 11.8. The van der Waals surface area contributed by atoms with E-state index in [9.17, 15) is 14.4 Å². The van der Waals surface area contributed by atoms with Crippen LogP contribution in [0.4, 0.5) is 0 Å². The van der Waals surface area contributed by atoms with Crippen LogP contribution in [0.5, 0.6) is 0 Å². The molecule has 200 valence electrons. The van der Waals surface area contributed by atoms with Gasteiger partial charge in [-0.3, -0.25) is 14.4 Å². The molecule has 4 nitrogen and oxygen atoms in total. The number of rotatable bonds is 1. The quantitative estimate of drug-likeness (QED) is 0.254. The molecule has 9 atom stereocenters. The van der Waals surface area contributed by atoms with Gasteiger partial charge in [0.1, 0.15) is 0 Å². The van der Waals surface area contributed by atoms with Gasteiger partial charge in [0.15, 0.2) is 11.6 Å². The van der Waals surface area contributed by atoms with E-state index in [-0.39, 0.29) is 61.8 Å². The van der Waals surface area contributed by atoms with Crippen LogP contribution in [-0.2, 0) is 19.1 Å². The van der Waals surface area contributed by atoms with Gasteiger partial charge in [-0.15, -0.1) is 0 Å². The van der Waals surface area contributed by atoms with Crippen molar-refractivity contribution in [3.8, 4) is 0 Å². The summed E-state index contributed by atoms with van der Waals surface area (Å²) in [6.45, 7) is 15.8. The molecule has 5 rings (SSSR count). The lowest BCUT2D eigenvalue weighted by molar-refractivity contribution is -0.187. The highest BCUT2D eigenvalue weighted by Gasteiger charge is 2.71. The first-order valence-electron chi connectivity index (χ1n) is 14.0. The van der Waals surface area contributed by atoms with E-state index in [0.717, 1.165) is 51.4 Å². The van der Waals surface area contributed by atoms with Gasteiger partial charge in [-0.05, 0) is 97.9 Å².